The van der Waals surface area contributed by atoms with E-state index in [-0.39, 0.29) is 23.6 Å². The molecular weight excluding hydrogens is 415 g/mol. The number of carbonyl (C=O) groups is 1. The quantitative estimate of drug-likeness (QED) is 0.571. The molecule has 6 nitrogen and oxygen atoms in total. The Kier molecular flexibility index (Phi) is 6.43. The van der Waals surface area contributed by atoms with E-state index in [1.54, 1.807) is 12.1 Å². The molecule has 2 aromatic carbocycles. The highest BCUT2D eigenvalue weighted by Gasteiger charge is 2.30. The summed E-state index contributed by atoms with van der Waals surface area (Å²) in [5.74, 6) is 1.02. The average Bonchev–Trinajstić information content (AvgIpc) is 3.26. The lowest BCUT2D eigenvalue weighted by Gasteiger charge is -2.14. The normalized spacial score (nSPS) is 11.2. The number of hydrogen-bond acceptors (Lipinski definition) is 5. The maximum absolute atomic E-state index is 12.9. The van der Waals surface area contributed by atoms with E-state index in [9.17, 15) is 18.0 Å². The topological polar surface area (TPSA) is 69.9 Å². The zero-order chi connectivity index (χ0) is 22.6. The molecule has 0 saturated heterocycles. The first-order valence-corrected chi connectivity index (χ1v) is 9.11. The van der Waals surface area contributed by atoms with Crippen LogP contribution in [0.15, 0.2) is 52.9 Å². The van der Waals surface area contributed by atoms with Crippen LogP contribution >= 0.6 is 0 Å². The lowest BCUT2D eigenvalue weighted by atomic mass is 10.1. The molecule has 0 aliphatic rings. The highest BCUT2D eigenvalue weighted by Crippen LogP contribution is 2.35. The molecule has 3 aromatic rings. The van der Waals surface area contributed by atoms with Gasteiger partial charge in [0.05, 0.1) is 26.9 Å². The molecule has 1 N–H and O–H groups in total. The number of nitrogens with one attached hydrogen (secondary N) is 1. The number of benzene rings is 2. The lowest BCUT2D eigenvalue weighted by Crippen LogP contribution is -2.22. The van der Waals surface area contributed by atoms with Crippen molar-refractivity contribution in [1.82, 2.24) is 5.32 Å². The van der Waals surface area contributed by atoms with Crippen molar-refractivity contribution < 1.29 is 36.6 Å². The summed E-state index contributed by atoms with van der Waals surface area (Å²) >= 11 is 0. The number of ether oxygens (including phenoxy) is 3. The van der Waals surface area contributed by atoms with Crippen molar-refractivity contribution in [3.8, 4) is 28.6 Å². The van der Waals surface area contributed by atoms with Crippen molar-refractivity contribution in [2.75, 3.05) is 21.3 Å². The van der Waals surface area contributed by atoms with Crippen LogP contribution in [0.25, 0.3) is 11.3 Å². The Morgan fingerprint density at radius 1 is 0.935 bits per heavy atom. The number of hydrogen-bond donors (Lipinski definition) is 1. The third-order valence-corrected chi connectivity index (χ3v) is 4.53. The Bertz CT molecular complexity index is 1080. The molecule has 0 aliphatic carbocycles. The summed E-state index contributed by atoms with van der Waals surface area (Å²) in [6, 6.07) is 10.9. The minimum absolute atomic E-state index is 0.0353. The molecule has 0 aliphatic heterocycles. The van der Waals surface area contributed by atoms with E-state index in [1.807, 2.05) is 0 Å². The van der Waals surface area contributed by atoms with Gasteiger partial charge in [0.15, 0.2) is 17.3 Å². The van der Waals surface area contributed by atoms with Gasteiger partial charge in [0.25, 0.3) is 5.91 Å². The highest BCUT2D eigenvalue weighted by molar-refractivity contribution is 5.92. The van der Waals surface area contributed by atoms with Gasteiger partial charge in [-0.3, -0.25) is 4.79 Å². The minimum atomic E-state index is -4.47. The van der Waals surface area contributed by atoms with Crippen LogP contribution in [0.2, 0.25) is 0 Å². The van der Waals surface area contributed by atoms with Gasteiger partial charge in [-0.1, -0.05) is 12.1 Å². The Labute approximate surface area is 176 Å². The van der Waals surface area contributed by atoms with E-state index in [0.29, 0.717) is 22.8 Å². The van der Waals surface area contributed by atoms with Crippen LogP contribution < -0.4 is 19.5 Å². The zero-order valence-corrected chi connectivity index (χ0v) is 17.0. The SMILES string of the molecule is COc1cc(OC)c(OC)cc1CNC(=O)c1ccc(-c2cccc(C(F)(F)F)c2)o1. The third-order valence-electron chi connectivity index (χ3n) is 4.53. The van der Waals surface area contributed by atoms with Gasteiger partial charge in [-0.2, -0.15) is 13.2 Å². The number of halogens is 3. The van der Waals surface area contributed by atoms with Crippen LogP contribution in [0.3, 0.4) is 0 Å². The first kappa shape index (κ1) is 22.1. The fourth-order valence-corrected chi connectivity index (χ4v) is 2.96. The monoisotopic (exact) mass is 435 g/mol. The summed E-state index contributed by atoms with van der Waals surface area (Å²) in [6.07, 6.45) is -4.47. The van der Waals surface area contributed by atoms with E-state index in [4.69, 9.17) is 18.6 Å². The van der Waals surface area contributed by atoms with Gasteiger partial charge in [0.1, 0.15) is 11.5 Å². The van der Waals surface area contributed by atoms with E-state index in [0.717, 1.165) is 12.1 Å². The maximum Gasteiger partial charge on any atom is 0.416 e. The van der Waals surface area contributed by atoms with Gasteiger partial charge in [0.2, 0.25) is 0 Å². The molecule has 9 heteroatoms. The van der Waals surface area contributed by atoms with Crippen LogP contribution in [0.4, 0.5) is 13.2 Å². The molecule has 0 saturated carbocycles. The second-order valence-corrected chi connectivity index (χ2v) is 6.44. The first-order valence-electron chi connectivity index (χ1n) is 9.11. The second kappa shape index (κ2) is 9.03. The van der Waals surface area contributed by atoms with Crippen LogP contribution in [0.1, 0.15) is 21.7 Å². The van der Waals surface area contributed by atoms with Gasteiger partial charge < -0.3 is 23.9 Å². The molecule has 0 unspecified atom stereocenters. The van der Waals surface area contributed by atoms with Gasteiger partial charge in [-0.25, -0.2) is 0 Å². The molecule has 0 fully saturated rings. The first-order chi connectivity index (χ1) is 14.8. The van der Waals surface area contributed by atoms with Crippen molar-refractivity contribution in [3.63, 3.8) is 0 Å². The number of furan rings is 1. The number of carbonyl (C=O) groups excluding carboxylic acids is 1. The van der Waals surface area contributed by atoms with Crippen LogP contribution in [0, 0.1) is 0 Å². The highest BCUT2D eigenvalue weighted by atomic mass is 19.4. The predicted molar refractivity (Wildman–Crippen MR) is 106 cm³/mol. The summed E-state index contributed by atoms with van der Waals surface area (Å²) in [5, 5.41) is 2.69. The minimum Gasteiger partial charge on any atom is -0.496 e. The smallest absolute Gasteiger partial charge is 0.416 e. The zero-order valence-electron chi connectivity index (χ0n) is 17.0. The molecule has 0 bridgehead atoms. The Morgan fingerprint density at radius 2 is 1.61 bits per heavy atom. The Morgan fingerprint density at radius 3 is 2.26 bits per heavy atom. The molecule has 0 spiro atoms. The van der Waals surface area contributed by atoms with Gasteiger partial charge in [0, 0.05) is 23.7 Å². The predicted octanol–water partition coefficient (Wildman–Crippen LogP) is 4.92. The van der Waals surface area contributed by atoms with E-state index < -0.39 is 17.6 Å². The van der Waals surface area contributed by atoms with E-state index >= 15 is 0 Å². The maximum atomic E-state index is 12.9. The lowest BCUT2D eigenvalue weighted by molar-refractivity contribution is -0.137. The largest absolute Gasteiger partial charge is 0.496 e. The van der Waals surface area contributed by atoms with Crippen molar-refractivity contribution in [1.29, 1.82) is 0 Å². The second-order valence-electron chi connectivity index (χ2n) is 6.44. The standard InChI is InChI=1S/C22H20F3NO5/c1-28-18-11-20(30-3)19(29-2)10-14(18)12-26-21(27)17-8-7-16(31-17)13-5-4-6-15(9-13)22(23,24)25/h4-11H,12H2,1-3H3,(H,26,27). The van der Waals surface area contributed by atoms with Crippen molar-refractivity contribution in [3.05, 3.63) is 65.4 Å². The van der Waals surface area contributed by atoms with E-state index in [1.165, 1.54) is 45.6 Å². The van der Waals surface area contributed by atoms with Gasteiger partial charge >= 0.3 is 6.18 Å². The van der Waals surface area contributed by atoms with Crippen molar-refractivity contribution >= 4 is 5.91 Å². The van der Waals surface area contributed by atoms with Crippen LogP contribution in [-0.2, 0) is 12.7 Å². The summed E-state index contributed by atoms with van der Waals surface area (Å²) in [4.78, 5) is 12.5. The summed E-state index contributed by atoms with van der Waals surface area (Å²) < 4.78 is 60.0. The molecule has 0 atom stereocenters. The molecular formula is C22H20F3NO5. The van der Waals surface area contributed by atoms with Crippen molar-refractivity contribution in [2.24, 2.45) is 0 Å². The van der Waals surface area contributed by atoms with Crippen molar-refractivity contribution in [2.45, 2.75) is 12.7 Å². The molecule has 164 valence electrons. The number of alkyl halides is 3. The molecule has 1 aromatic heterocycles. The molecule has 1 amide bonds. The van der Waals surface area contributed by atoms with Crippen LogP contribution in [-0.4, -0.2) is 27.2 Å². The number of rotatable bonds is 7. The summed E-state index contributed by atoms with van der Waals surface area (Å²) in [7, 11) is 4.48. The average molecular weight is 435 g/mol. The van der Waals surface area contributed by atoms with Crippen LogP contribution in [0.5, 0.6) is 17.2 Å². The van der Waals surface area contributed by atoms with E-state index in [2.05, 4.69) is 5.32 Å². The molecule has 31 heavy (non-hydrogen) atoms. The summed E-state index contributed by atoms with van der Waals surface area (Å²) in [5.41, 5.74) is 0.0570. The van der Waals surface area contributed by atoms with Gasteiger partial charge in [-0.05, 0) is 30.3 Å². The number of amides is 1. The number of methoxy groups -OCH3 is 3. The van der Waals surface area contributed by atoms with Gasteiger partial charge in [-0.15, -0.1) is 0 Å². The fraction of sp³-hybridized carbons (Fsp3) is 0.227. The third kappa shape index (κ3) is 4.93. The Hall–Kier alpha value is -3.62. The molecule has 3 rings (SSSR count). The molecule has 1 heterocycles. The Balaban J connectivity index is 1.76. The molecule has 0 radical (unpaired) electrons. The fourth-order valence-electron chi connectivity index (χ4n) is 2.96. The summed E-state index contributed by atoms with van der Waals surface area (Å²) in [6.45, 7) is 0.0992.